The highest BCUT2D eigenvalue weighted by Crippen LogP contribution is 2.24. The smallest absolute Gasteiger partial charge is 0.283 e. The zero-order chi connectivity index (χ0) is 14.9. The van der Waals surface area contributed by atoms with Crippen molar-refractivity contribution < 1.29 is 19.1 Å². The van der Waals surface area contributed by atoms with Crippen LogP contribution >= 0.6 is 11.3 Å². The Bertz CT molecular complexity index is 536. The van der Waals surface area contributed by atoms with Gasteiger partial charge in [-0.3, -0.25) is 9.59 Å². The molecule has 114 valence electrons. The Balaban J connectivity index is 1.75. The van der Waals surface area contributed by atoms with E-state index < -0.39 is 5.60 Å². The number of ether oxygens (including phenoxy) is 2. The molecule has 0 N–H and O–H groups in total. The third-order valence-electron chi connectivity index (χ3n) is 3.69. The third-order valence-corrected chi connectivity index (χ3v) is 4.45. The lowest BCUT2D eigenvalue weighted by molar-refractivity contribution is -0.135. The van der Waals surface area contributed by atoms with Crippen LogP contribution < -0.4 is 0 Å². The van der Waals surface area contributed by atoms with Crippen molar-refractivity contribution in [2.75, 3.05) is 46.5 Å². The molecule has 8 heteroatoms. The Labute approximate surface area is 126 Å². The van der Waals surface area contributed by atoms with Crippen LogP contribution in [0.3, 0.4) is 0 Å². The van der Waals surface area contributed by atoms with Crippen molar-refractivity contribution in [1.82, 2.24) is 14.8 Å². The Morgan fingerprint density at radius 1 is 1.48 bits per heavy atom. The van der Waals surface area contributed by atoms with E-state index in [2.05, 4.69) is 4.98 Å². The minimum absolute atomic E-state index is 0.0576. The van der Waals surface area contributed by atoms with E-state index in [1.54, 1.807) is 28.4 Å². The number of morpholine rings is 1. The number of aromatic nitrogens is 1. The molecular weight excluding hydrogens is 294 g/mol. The van der Waals surface area contributed by atoms with Crippen LogP contribution in [0, 0.1) is 0 Å². The minimum atomic E-state index is -0.647. The lowest BCUT2D eigenvalue weighted by Crippen LogP contribution is -2.59. The van der Waals surface area contributed by atoms with Gasteiger partial charge in [0.05, 0.1) is 26.3 Å². The average molecular weight is 311 g/mol. The molecule has 2 aliphatic rings. The number of carbonyl (C=O) groups excluding carboxylic acids is 2. The molecule has 0 aliphatic carbocycles. The molecule has 0 aromatic carbocycles. The molecule has 1 atom stereocenters. The molecule has 21 heavy (non-hydrogen) atoms. The Morgan fingerprint density at radius 2 is 2.33 bits per heavy atom. The van der Waals surface area contributed by atoms with Gasteiger partial charge in [-0.1, -0.05) is 0 Å². The molecule has 0 saturated carbocycles. The molecule has 7 nitrogen and oxygen atoms in total. The van der Waals surface area contributed by atoms with Crippen LogP contribution in [0.5, 0.6) is 0 Å². The van der Waals surface area contributed by atoms with Crippen molar-refractivity contribution in [3.05, 3.63) is 16.6 Å². The van der Waals surface area contributed by atoms with Crippen LogP contribution in [-0.2, 0) is 14.3 Å². The lowest BCUT2D eigenvalue weighted by Gasteiger charge is -2.42. The maximum atomic E-state index is 12.4. The number of likely N-dealkylation sites (N-methyl/N-ethyl adjacent to an activating group) is 1. The Kier molecular flexibility index (Phi) is 3.92. The molecular formula is C13H17N3O4S. The van der Waals surface area contributed by atoms with Crippen LogP contribution in [0.1, 0.15) is 9.80 Å². The monoisotopic (exact) mass is 311 g/mol. The normalized spacial score (nSPS) is 27.0. The summed E-state index contributed by atoms with van der Waals surface area (Å²) >= 11 is 1.33. The topological polar surface area (TPSA) is 72.0 Å². The van der Waals surface area contributed by atoms with E-state index in [0.29, 0.717) is 37.9 Å². The fraction of sp³-hybridized carbons (Fsp3) is 0.615. The maximum absolute atomic E-state index is 12.4. The molecule has 1 aromatic heterocycles. The summed E-state index contributed by atoms with van der Waals surface area (Å²) < 4.78 is 11.3. The largest absolute Gasteiger partial charge is 0.368 e. The lowest BCUT2D eigenvalue weighted by atomic mass is 10.0. The summed E-state index contributed by atoms with van der Waals surface area (Å²) in [5.41, 5.74) is -0.647. The van der Waals surface area contributed by atoms with Gasteiger partial charge in [-0.25, -0.2) is 4.98 Å². The molecule has 3 heterocycles. The minimum Gasteiger partial charge on any atom is -0.368 e. The second-order valence-corrected chi connectivity index (χ2v) is 6.23. The summed E-state index contributed by atoms with van der Waals surface area (Å²) in [6, 6.07) is 0. The maximum Gasteiger partial charge on any atom is 0.283 e. The number of hydrogen-bond acceptors (Lipinski definition) is 6. The zero-order valence-electron chi connectivity index (χ0n) is 11.8. The summed E-state index contributed by atoms with van der Waals surface area (Å²) in [6.07, 6.45) is 1.62. The molecule has 3 rings (SSSR count). The zero-order valence-corrected chi connectivity index (χ0v) is 12.6. The summed E-state index contributed by atoms with van der Waals surface area (Å²) in [5.74, 6) is -0.162. The first-order valence-electron chi connectivity index (χ1n) is 6.74. The molecule has 2 fully saturated rings. The molecule has 0 bridgehead atoms. The fourth-order valence-electron chi connectivity index (χ4n) is 2.67. The summed E-state index contributed by atoms with van der Waals surface area (Å²) in [6.45, 7) is 2.16. The van der Waals surface area contributed by atoms with Gasteiger partial charge in [0.15, 0.2) is 5.01 Å². The summed E-state index contributed by atoms with van der Waals surface area (Å²) in [4.78, 5) is 31.5. The second-order valence-electron chi connectivity index (χ2n) is 5.34. The number of rotatable bonds is 1. The van der Waals surface area contributed by atoms with Crippen LogP contribution in [0.25, 0.3) is 0 Å². The Morgan fingerprint density at radius 3 is 3.10 bits per heavy atom. The summed E-state index contributed by atoms with van der Waals surface area (Å²) in [7, 11) is 1.73. The fourth-order valence-corrected chi connectivity index (χ4v) is 3.27. The van der Waals surface area contributed by atoms with Gasteiger partial charge in [0.1, 0.15) is 12.2 Å². The van der Waals surface area contributed by atoms with E-state index in [0.717, 1.165) is 0 Å². The first kappa shape index (κ1) is 14.4. The molecule has 2 aliphatic heterocycles. The van der Waals surface area contributed by atoms with E-state index in [4.69, 9.17) is 9.47 Å². The van der Waals surface area contributed by atoms with E-state index in [1.807, 2.05) is 0 Å². The van der Waals surface area contributed by atoms with Crippen molar-refractivity contribution in [2.24, 2.45) is 0 Å². The van der Waals surface area contributed by atoms with Crippen molar-refractivity contribution >= 4 is 23.2 Å². The molecule has 1 aromatic rings. The molecule has 1 spiro atoms. The van der Waals surface area contributed by atoms with Gasteiger partial charge in [0, 0.05) is 25.2 Å². The van der Waals surface area contributed by atoms with Gasteiger partial charge in [0.2, 0.25) is 5.91 Å². The van der Waals surface area contributed by atoms with Crippen LogP contribution in [0.15, 0.2) is 11.6 Å². The number of hydrogen-bond donors (Lipinski definition) is 0. The van der Waals surface area contributed by atoms with E-state index in [1.165, 1.54) is 11.3 Å². The van der Waals surface area contributed by atoms with E-state index in [9.17, 15) is 9.59 Å². The van der Waals surface area contributed by atoms with Gasteiger partial charge in [0.25, 0.3) is 5.91 Å². The highest BCUT2D eigenvalue weighted by atomic mass is 32.1. The highest BCUT2D eigenvalue weighted by Gasteiger charge is 2.42. The van der Waals surface area contributed by atoms with E-state index >= 15 is 0 Å². The number of amides is 2. The predicted molar refractivity (Wildman–Crippen MR) is 75.2 cm³/mol. The number of carbonyl (C=O) groups is 2. The van der Waals surface area contributed by atoms with Gasteiger partial charge in [-0.15, -0.1) is 11.3 Å². The van der Waals surface area contributed by atoms with Crippen LogP contribution in [-0.4, -0.2) is 78.7 Å². The van der Waals surface area contributed by atoms with Crippen molar-refractivity contribution in [3.63, 3.8) is 0 Å². The van der Waals surface area contributed by atoms with Crippen LogP contribution in [0.2, 0.25) is 0 Å². The first-order chi connectivity index (χ1) is 10.1. The third kappa shape index (κ3) is 2.92. The van der Waals surface area contributed by atoms with Gasteiger partial charge < -0.3 is 19.3 Å². The second kappa shape index (κ2) is 5.70. The van der Waals surface area contributed by atoms with Gasteiger partial charge in [-0.2, -0.15) is 0 Å². The highest BCUT2D eigenvalue weighted by molar-refractivity contribution is 7.11. The predicted octanol–water partition coefficient (Wildman–Crippen LogP) is -0.157. The van der Waals surface area contributed by atoms with Gasteiger partial charge in [-0.05, 0) is 0 Å². The standard InChI is InChI=1S/C13H17N3O4S/c1-15-7-13(9-19-6-10(15)17)8-16(3-4-20-13)12(18)11-14-2-5-21-11/h2,5H,3-4,6-9H2,1H3. The molecule has 0 radical (unpaired) electrons. The molecule has 2 amide bonds. The molecule has 1 unspecified atom stereocenters. The quantitative estimate of drug-likeness (QED) is 0.721. The first-order valence-corrected chi connectivity index (χ1v) is 7.62. The SMILES string of the molecule is CN1CC2(COCC1=O)CN(C(=O)c1nccs1)CCO2. The van der Waals surface area contributed by atoms with Crippen molar-refractivity contribution in [1.29, 1.82) is 0 Å². The van der Waals surface area contributed by atoms with Crippen molar-refractivity contribution in [3.8, 4) is 0 Å². The van der Waals surface area contributed by atoms with Gasteiger partial charge >= 0.3 is 0 Å². The number of thiazole rings is 1. The summed E-state index contributed by atoms with van der Waals surface area (Å²) in [5, 5.41) is 2.26. The van der Waals surface area contributed by atoms with E-state index in [-0.39, 0.29) is 18.4 Å². The number of nitrogens with zero attached hydrogens (tertiary/aromatic N) is 3. The molecule has 2 saturated heterocycles. The Hall–Kier alpha value is -1.51. The van der Waals surface area contributed by atoms with Crippen molar-refractivity contribution in [2.45, 2.75) is 5.60 Å². The average Bonchev–Trinajstić information content (AvgIpc) is 2.96. The van der Waals surface area contributed by atoms with Crippen LogP contribution in [0.4, 0.5) is 0 Å².